The van der Waals surface area contributed by atoms with E-state index in [0.29, 0.717) is 19.8 Å². The van der Waals surface area contributed by atoms with E-state index in [1.54, 1.807) is 24.6 Å². The summed E-state index contributed by atoms with van der Waals surface area (Å²) < 4.78 is 41.6. The standard InChI is InChI=1S/C15H26N4O4S/c1-17(2)24(20,21)19-12-14(15-13(19)6-3-10-23-15)22-11-5-9-18-8-4-7-16-18/h4,7-8,13-15H,3,5-6,9-12H2,1-2H3/t13-,14-,15-/m1/s1. The molecule has 3 atom stereocenters. The molecule has 3 heterocycles. The van der Waals surface area contributed by atoms with Crippen molar-refractivity contribution < 1.29 is 17.9 Å². The van der Waals surface area contributed by atoms with E-state index in [1.165, 1.54) is 4.31 Å². The van der Waals surface area contributed by atoms with E-state index in [2.05, 4.69) is 5.10 Å². The maximum atomic E-state index is 12.5. The molecule has 0 N–H and O–H groups in total. The Balaban J connectivity index is 1.59. The fourth-order valence-corrected chi connectivity index (χ4v) is 4.71. The van der Waals surface area contributed by atoms with E-state index in [-0.39, 0.29) is 18.2 Å². The van der Waals surface area contributed by atoms with Gasteiger partial charge in [-0.15, -0.1) is 0 Å². The summed E-state index contributed by atoms with van der Waals surface area (Å²) in [5, 5.41) is 4.16. The number of fused-ring (bicyclic) bond motifs is 1. The van der Waals surface area contributed by atoms with Crippen LogP contribution < -0.4 is 0 Å². The quantitative estimate of drug-likeness (QED) is 0.657. The molecule has 136 valence electrons. The number of ether oxygens (including phenoxy) is 2. The molecule has 3 rings (SSSR count). The van der Waals surface area contributed by atoms with Gasteiger partial charge in [-0.25, -0.2) is 0 Å². The summed E-state index contributed by atoms with van der Waals surface area (Å²) in [6.45, 7) is 2.38. The molecule has 0 radical (unpaired) electrons. The second-order valence-electron chi connectivity index (χ2n) is 6.44. The van der Waals surface area contributed by atoms with Crippen LogP contribution in [0.1, 0.15) is 19.3 Å². The van der Waals surface area contributed by atoms with Gasteiger partial charge in [0.15, 0.2) is 0 Å². The maximum Gasteiger partial charge on any atom is 0.281 e. The fraction of sp³-hybridized carbons (Fsp3) is 0.800. The summed E-state index contributed by atoms with van der Waals surface area (Å²) in [6.07, 6.45) is 5.83. The number of rotatable bonds is 7. The average Bonchev–Trinajstić information content (AvgIpc) is 3.19. The van der Waals surface area contributed by atoms with Crippen LogP contribution >= 0.6 is 0 Å². The molecule has 2 saturated heterocycles. The van der Waals surface area contributed by atoms with Crippen LogP contribution in [0.2, 0.25) is 0 Å². The number of hydrogen-bond acceptors (Lipinski definition) is 5. The van der Waals surface area contributed by atoms with Crippen LogP contribution in [0.25, 0.3) is 0 Å². The van der Waals surface area contributed by atoms with Crippen molar-refractivity contribution in [2.45, 2.75) is 44.1 Å². The van der Waals surface area contributed by atoms with E-state index in [0.717, 1.165) is 25.8 Å². The predicted octanol–water partition coefficient (Wildman–Crippen LogP) is 0.328. The molecule has 8 nitrogen and oxygen atoms in total. The fourth-order valence-electron chi connectivity index (χ4n) is 3.38. The maximum absolute atomic E-state index is 12.5. The average molecular weight is 358 g/mol. The highest BCUT2D eigenvalue weighted by Gasteiger charge is 2.49. The normalized spacial score (nSPS) is 28.4. The van der Waals surface area contributed by atoms with Gasteiger partial charge in [0.1, 0.15) is 6.10 Å². The summed E-state index contributed by atoms with van der Waals surface area (Å²) in [4.78, 5) is 0. The second kappa shape index (κ2) is 7.49. The van der Waals surface area contributed by atoms with Gasteiger partial charge in [0, 0.05) is 52.8 Å². The van der Waals surface area contributed by atoms with E-state index in [1.807, 2.05) is 16.9 Å². The van der Waals surface area contributed by atoms with E-state index in [4.69, 9.17) is 9.47 Å². The molecule has 0 aromatic carbocycles. The van der Waals surface area contributed by atoms with E-state index < -0.39 is 10.2 Å². The molecule has 2 aliphatic heterocycles. The summed E-state index contributed by atoms with van der Waals surface area (Å²) in [5.41, 5.74) is 0. The summed E-state index contributed by atoms with van der Waals surface area (Å²) in [6, 6.07) is 1.77. The molecule has 2 fully saturated rings. The number of hydrogen-bond donors (Lipinski definition) is 0. The van der Waals surface area contributed by atoms with Gasteiger partial charge in [0.25, 0.3) is 10.2 Å². The molecule has 0 amide bonds. The Morgan fingerprint density at radius 3 is 2.96 bits per heavy atom. The van der Waals surface area contributed by atoms with Crippen LogP contribution in [0.15, 0.2) is 18.5 Å². The molecule has 0 aliphatic carbocycles. The Hall–Kier alpha value is -1.00. The van der Waals surface area contributed by atoms with Crippen molar-refractivity contribution in [1.82, 2.24) is 18.4 Å². The zero-order valence-corrected chi connectivity index (χ0v) is 15.1. The third kappa shape index (κ3) is 3.65. The zero-order valence-electron chi connectivity index (χ0n) is 14.2. The third-order valence-corrected chi connectivity index (χ3v) is 6.55. The Morgan fingerprint density at radius 1 is 1.42 bits per heavy atom. The first-order valence-electron chi connectivity index (χ1n) is 8.40. The lowest BCUT2D eigenvalue weighted by Gasteiger charge is -2.32. The summed E-state index contributed by atoms with van der Waals surface area (Å²) in [7, 11) is -0.330. The predicted molar refractivity (Wildman–Crippen MR) is 88.7 cm³/mol. The number of aryl methyl sites for hydroxylation is 1. The van der Waals surface area contributed by atoms with Gasteiger partial charge in [-0.2, -0.15) is 22.1 Å². The topological polar surface area (TPSA) is 76.9 Å². The molecule has 1 aromatic rings. The minimum absolute atomic E-state index is 0.123. The molecule has 0 unspecified atom stereocenters. The Labute approximate surface area is 143 Å². The van der Waals surface area contributed by atoms with Crippen LogP contribution in [0.5, 0.6) is 0 Å². The van der Waals surface area contributed by atoms with Crippen molar-refractivity contribution in [3.63, 3.8) is 0 Å². The lowest BCUT2D eigenvalue weighted by molar-refractivity contribution is -0.0761. The molecule has 2 aliphatic rings. The van der Waals surface area contributed by atoms with Crippen LogP contribution in [-0.4, -0.2) is 78.9 Å². The summed E-state index contributed by atoms with van der Waals surface area (Å²) in [5.74, 6) is 0. The number of aromatic nitrogens is 2. The third-order valence-electron chi connectivity index (χ3n) is 4.61. The van der Waals surface area contributed by atoms with Crippen molar-refractivity contribution in [3.8, 4) is 0 Å². The van der Waals surface area contributed by atoms with E-state index >= 15 is 0 Å². The molecule has 1 aromatic heterocycles. The summed E-state index contributed by atoms with van der Waals surface area (Å²) >= 11 is 0. The first-order valence-corrected chi connectivity index (χ1v) is 9.80. The van der Waals surface area contributed by atoms with Gasteiger partial charge in [-0.1, -0.05) is 0 Å². The second-order valence-corrected chi connectivity index (χ2v) is 8.53. The lowest BCUT2D eigenvalue weighted by Crippen LogP contribution is -2.47. The molecule has 0 saturated carbocycles. The largest absolute Gasteiger partial charge is 0.374 e. The van der Waals surface area contributed by atoms with Crippen molar-refractivity contribution in [2.24, 2.45) is 0 Å². The van der Waals surface area contributed by atoms with Gasteiger partial charge in [-0.3, -0.25) is 4.68 Å². The SMILES string of the molecule is CN(C)S(=O)(=O)N1C[C@@H](OCCCn2cccn2)[C@@H]2OCCC[C@H]21. The van der Waals surface area contributed by atoms with Crippen molar-refractivity contribution in [2.75, 3.05) is 33.9 Å². The Bertz CT molecular complexity index is 619. The minimum atomic E-state index is -3.45. The van der Waals surface area contributed by atoms with Crippen molar-refractivity contribution >= 4 is 10.2 Å². The highest BCUT2D eigenvalue weighted by molar-refractivity contribution is 7.86. The van der Waals surface area contributed by atoms with Crippen LogP contribution in [0, 0.1) is 0 Å². The Kier molecular flexibility index (Phi) is 5.56. The molecular formula is C15H26N4O4S. The van der Waals surface area contributed by atoms with Crippen LogP contribution in [0.3, 0.4) is 0 Å². The molecular weight excluding hydrogens is 332 g/mol. The van der Waals surface area contributed by atoms with Gasteiger partial charge in [0.2, 0.25) is 0 Å². The van der Waals surface area contributed by atoms with Gasteiger partial charge >= 0.3 is 0 Å². The zero-order chi connectivity index (χ0) is 17.2. The van der Waals surface area contributed by atoms with Crippen LogP contribution in [0.4, 0.5) is 0 Å². The van der Waals surface area contributed by atoms with Gasteiger partial charge < -0.3 is 9.47 Å². The highest BCUT2D eigenvalue weighted by Crippen LogP contribution is 2.33. The van der Waals surface area contributed by atoms with Crippen LogP contribution in [-0.2, 0) is 26.2 Å². The highest BCUT2D eigenvalue weighted by atomic mass is 32.2. The first-order chi connectivity index (χ1) is 11.5. The molecule has 0 spiro atoms. The van der Waals surface area contributed by atoms with Crippen molar-refractivity contribution in [3.05, 3.63) is 18.5 Å². The smallest absolute Gasteiger partial charge is 0.281 e. The molecule has 9 heteroatoms. The lowest BCUT2D eigenvalue weighted by atomic mass is 10.0. The van der Waals surface area contributed by atoms with Gasteiger partial charge in [-0.05, 0) is 25.3 Å². The molecule has 0 bridgehead atoms. The minimum Gasteiger partial charge on any atom is -0.374 e. The first kappa shape index (κ1) is 17.8. The number of nitrogens with zero attached hydrogens (tertiary/aromatic N) is 4. The Morgan fingerprint density at radius 2 is 2.25 bits per heavy atom. The molecule has 24 heavy (non-hydrogen) atoms. The van der Waals surface area contributed by atoms with Gasteiger partial charge in [0.05, 0.1) is 12.1 Å². The monoisotopic (exact) mass is 358 g/mol. The van der Waals surface area contributed by atoms with E-state index in [9.17, 15) is 8.42 Å². The van der Waals surface area contributed by atoms with Crippen molar-refractivity contribution in [1.29, 1.82) is 0 Å².